The van der Waals surface area contributed by atoms with Gasteiger partial charge in [0.15, 0.2) is 5.75 Å². The molecule has 0 aliphatic rings. The molecule has 0 saturated heterocycles. The zero-order valence-corrected chi connectivity index (χ0v) is 15.3. The van der Waals surface area contributed by atoms with Gasteiger partial charge >= 0.3 is 6.18 Å². The molecule has 0 aliphatic heterocycles. The fourth-order valence-corrected chi connectivity index (χ4v) is 2.72. The Bertz CT molecular complexity index is 1080. The number of para-hydroxylation sites is 1. The second kappa shape index (κ2) is 7.84. The van der Waals surface area contributed by atoms with Crippen LogP contribution in [-0.2, 0) is 12.7 Å². The molecule has 0 atom stereocenters. The van der Waals surface area contributed by atoms with Crippen LogP contribution in [0.4, 0.5) is 13.2 Å². The van der Waals surface area contributed by atoms with Crippen LogP contribution in [-0.4, -0.2) is 28.8 Å². The average Bonchev–Trinajstić information content (AvgIpc) is 3.14. The molecule has 10 heteroatoms. The molecule has 5 N–H and O–H groups in total. The molecule has 1 heterocycles. The first kappa shape index (κ1) is 20.2. The third-order valence-electron chi connectivity index (χ3n) is 4.28. The van der Waals surface area contributed by atoms with E-state index in [9.17, 15) is 18.0 Å². The van der Waals surface area contributed by atoms with Crippen LogP contribution in [0.1, 0.15) is 21.6 Å². The van der Waals surface area contributed by atoms with Gasteiger partial charge in [0.2, 0.25) is 5.96 Å². The van der Waals surface area contributed by atoms with Gasteiger partial charge in [0.05, 0.1) is 5.56 Å². The molecule has 0 spiro atoms. The first-order valence-electron chi connectivity index (χ1n) is 8.47. The van der Waals surface area contributed by atoms with Crippen molar-refractivity contribution in [2.75, 3.05) is 7.05 Å². The SMILES string of the molecule is CN(C(=O)c1cc2c(C(F)(F)F)cccc2[nH]1)C(N)=NOc1ccccc1CN. The number of guanidine groups is 1. The summed E-state index contributed by atoms with van der Waals surface area (Å²) in [5.41, 5.74) is 11.4. The summed E-state index contributed by atoms with van der Waals surface area (Å²) in [7, 11) is 1.33. The van der Waals surface area contributed by atoms with Gasteiger partial charge in [-0.05, 0) is 29.4 Å². The minimum atomic E-state index is -4.54. The number of hydrogen-bond donors (Lipinski definition) is 3. The predicted octanol–water partition coefficient (Wildman–Crippen LogP) is 3.03. The molecule has 0 radical (unpaired) electrons. The first-order chi connectivity index (χ1) is 13.7. The fourth-order valence-electron chi connectivity index (χ4n) is 2.72. The maximum atomic E-state index is 13.2. The minimum absolute atomic E-state index is 0.0697. The molecule has 0 aliphatic carbocycles. The van der Waals surface area contributed by atoms with Gasteiger partial charge in [-0.25, -0.2) is 0 Å². The van der Waals surface area contributed by atoms with Gasteiger partial charge in [-0.1, -0.05) is 24.3 Å². The fraction of sp³-hybridized carbons (Fsp3) is 0.158. The number of rotatable bonds is 4. The van der Waals surface area contributed by atoms with Crippen molar-refractivity contribution in [3.8, 4) is 5.75 Å². The van der Waals surface area contributed by atoms with Crippen molar-refractivity contribution in [1.29, 1.82) is 0 Å². The Kier molecular flexibility index (Phi) is 5.46. The number of hydrogen-bond acceptors (Lipinski definition) is 4. The van der Waals surface area contributed by atoms with Crippen LogP contribution in [0.3, 0.4) is 0 Å². The molecular formula is C19H18F3N5O2. The third-order valence-corrected chi connectivity index (χ3v) is 4.28. The van der Waals surface area contributed by atoms with Crippen LogP contribution in [0, 0.1) is 0 Å². The number of halogens is 3. The number of H-pyrrole nitrogens is 1. The Morgan fingerprint density at radius 1 is 1.21 bits per heavy atom. The largest absolute Gasteiger partial charge is 0.417 e. The number of aromatic nitrogens is 1. The second-order valence-electron chi connectivity index (χ2n) is 6.16. The summed E-state index contributed by atoms with van der Waals surface area (Å²) < 4.78 is 39.5. The normalized spacial score (nSPS) is 12.2. The summed E-state index contributed by atoms with van der Waals surface area (Å²) >= 11 is 0. The summed E-state index contributed by atoms with van der Waals surface area (Å²) in [6, 6.07) is 11.7. The molecule has 29 heavy (non-hydrogen) atoms. The monoisotopic (exact) mass is 405 g/mol. The third kappa shape index (κ3) is 4.16. The molecule has 0 fully saturated rings. The first-order valence-corrected chi connectivity index (χ1v) is 8.47. The lowest BCUT2D eigenvalue weighted by molar-refractivity contribution is -0.136. The maximum Gasteiger partial charge on any atom is 0.417 e. The highest BCUT2D eigenvalue weighted by molar-refractivity contribution is 6.06. The number of carbonyl (C=O) groups is 1. The van der Waals surface area contributed by atoms with Crippen LogP contribution in [0.15, 0.2) is 53.7 Å². The van der Waals surface area contributed by atoms with E-state index in [0.717, 1.165) is 17.0 Å². The minimum Gasteiger partial charge on any atom is -0.367 e. The maximum absolute atomic E-state index is 13.2. The Labute approximate surface area is 163 Å². The van der Waals surface area contributed by atoms with Crippen molar-refractivity contribution < 1.29 is 22.8 Å². The highest BCUT2D eigenvalue weighted by atomic mass is 19.4. The number of benzene rings is 2. The van der Waals surface area contributed by atoms with Gasteiger partial charge in [0.1, 0.15) is 5.69 Å². The zero-order chi connectivity index (χ0) is 21.2. The number of oxime groups is 1. The van der Waals surface area contributed by atoms with E-state index in [1.54, 1.807) is 24.3 Å². The number of fused-ring (bicyclic) bond motifs is 1. The zero-order valence-electron chi connectivity index (χ0n) is 15.3. The molecular weight excluding hydrogens is 387 g/mol. The van der Waals surface area contributed by atoms with Gasteiger partial charge in [-0.2, -0.15) is 13.2 Å². The Balaban J connectivity index is 1.84. The molecule has 0 saturated carbocycles. The average molecular weight is 405 g/mol. The molecule has 152 valence electrons. The highest BCUT2D eigenvalue weighted by Crippen LogP contribution is 2.35. The molecule has 1 aromatic heterocycles. The Morgan fingerprint density at radius 3 is 2.62 bits per heavy atom. The smallest absolute Gasteiger partial charge is 0.367 e. The topological polar surface area (TPSA) is 110 Å². The second-order valence-corrected chi connectivity index (χ2v) is 6.16. The number of aromatic amines is 1. The van der Waals surface area contributed by atoms with Crippen molar-refractivity contribution in [3.63, 3.8) is 0 Å². The van der Waals surface area contributed by atoms with Gasteiger partial charge in [0.25, 0.3) is 5.91 Å². The molecule has 3 aromatic rings. The number of alkyl halides is 3. The van der Waals surface area contributed by atoms with Crippen molar-refractivity contribution in [3.05, 3.63) is 65.4 Å². The number of nitrogens with one attached hydrogen (secondary N) is 1. The van der Waals surface area contributed by atoms with Gasteiger partial charge < -0.3 is 21.3 Å². The van der Waals surface area contributed by atoms with Crippen molar-refractivity contribution in [2.45, 2.75) is 12.7 Å². The van der Waals surface area contributed by atoms with E-state index in [-0.39, 0.29) is 29.1 Å². The molecule has 7 nitrogen and oxygen atoms in total. The van der Waals surface area contributed by atoms with Crippen LogP contribution in [0.2, 0.25) is 0 Å². The lowest BCUT2D eigenvalue weighted by Gasteiger charge is -2.14. The Hall–Kier alpha value is -3.53. The quantitative estimate of drug-likeness (QED) is 0.352. The standard InChI is InChI=1S/C19H18F3N5O2/c1-27(18(24)26-29-16-8-3-2-5-11(16)10-23)17(28)15-9-12-13(19(20,21)22)6-4-7-14(12)25-15/h2-9,25H,10,23H2,1H3,(H2,24,26). The number of amides is 1. The van der Waals surface area contributed by atoms with E-state index in [1.807, 2.05) is 0 Å². The number of carbonyl (C=O) groups excluding carboxylic acids is 1. The van der Waals surface area contributed by atoms with Crippen LogP contribution in [0.5, 0.6) is 5.75 Å². The molecule has 3 rings (SSSR count). The van der Waals surface area contributed by atoms with E-state index in [2.05, 4.69) is 10.1 Å². The summed E-state index contributed by atoms with van der Waals surface area (Å²) in [5, 5.41) is 3.60. The van der Waals surface area contributed by atoms with Crippen molar-refractivity contribution >= 4 is 22.8 Å². The number of nitrogens with zero attached hydrogens (tertiary/aromatic N) is 2. The molecule has 0 unspecified atom stereocenters. The Morgan fingerprint density at radius 2 is 1.93 bits per heavy atom. The van der Waals surface area contributed by atoms with E-state index in [0.29, 0.717) is 11.3 Å². The van der Waals surface area contributed by atoms with Gasteiger partial charge in [-0.15, -0.1) is 0 Å². The summed E-state index contributed by atoms with van der Waals surface area (Å²) in [4.78, 5) is 21.5. The highest BCUT2D eigenvalue weighted by Gasteiger charge is 2.33. The van der Waals surface area contributed by atoms with Crippen LogP contribution >= 0.6 is 0 Å². The molecule has 2 aromatic carbocycles. The van der Waals surface area contributed by atoms with Gasteiger partial charge in [-0.3, -0.25) is 9.69 Å². The van der Waals surface area contributed by atoms with Gasteiger partial charge in [0, 0.05) is 30.1 Å². The number of nitrogens with two attached hydrogens (primary N) is 2. The lowest BCUT2D eigenvalue weighted by Crippen LogP contribution is -2.39. The van der Waals surface area contributed by atoms with Crippen LogP contribution < -0.4 is 16.3 Å². The molecule has 1 amide bonds. The predicted molar refractivity (Wildman–Crippen MR) is 102 cm³/mol. The van der Waals surface area contributed by atoms with E-state index in [1.165, 1.54) is 19.2 Å². The van der Waals surface area contributed by atoms with Crippen LogP contribution in [0.25, 0.3) is 10.9 Å². The van der Waals surface area contributed by atoms with Crippen molar-refractivity contribution in [1.82, 2.24) is 9.88 Å². The summed E-state index contributed by atoms with van der Waals surface area (Å²) in [5.74, 6) is -0.581. The summed E-state index contributed by atoms with van der Waals surface area (Å²) in [6.45, 7) is 0.219. The van der Waals surface area contributed by atoms with E-state index in [4.69, 9.17) is 16.3 Å². The molecule has 0 bridgehead atoms. The van der Waals surface area contributed by atoms with E-state index < -0.39 is 17.6 Å². The van der Waals surface area contributed by atoms with E-state index >= 15 is 0 Å². The lowest BCUT2D eigenvalue weighted by atomic mass is 10.1. The summed E-state index contributed by atoms with van der Waals surface area (Å²) in [6.07, 6.45) is -4.54. The van der Waals surface area contributed by atoms with Crippen molar-refractivity contribution in [2.24, 2.45) is 16.6 Å².